The highest BCUT2D eigenvalue weighted by molar-refractivity contribution is 7.89. The molecule has 30 heavy (non-hydrogen) atoms. The molecule has 2 aromatic carbocycles. The Morgan fingerprint density at radius 2 is 1.80 bits per heavy atom. The highest BCUT2D eigenvalue weighted by Crippen LogP contribution is 2.25. The molecule has 0 aromatic heterocycles. The summed E-state index contributed by atoms with van der Waals surface area (Å²) < 4.78 is 32.5. The summed E-state index contributed by atoms with van der Waals surface area (Å²) in [5.41, 5.74) is 2.08. The Morgan fingerprint density at radius 3 is 2.40 bits per heavy atom. The van der Waals surface area contributed by atoms with E-state index in [4.69, 9.17) is 4.74 Å². The molecular weight excluding hydrogens is 400 g/mol. The van der Waals surface area contributed by atoms with Crippen molar-refractivity contribution >= 4 is 15.9 Å². The number of nitrogens with one attached hydrogen (secondary N) is 1. The van der Waals surface area contributed by atoms with Gasteiger partial charge in [-0.25, -0.2) is 8.42 Å². The van der Waals surface area contributed by atoms with Crippen LogP contribution in [-0.2, 0) is 21.4 Å². The summed E-state index contributed by atoms with van der Waals surface area (Å²) in [6.45, 7) is 5.29. The molecule has 2 aromatic rings. The first-order valence-electron chi connectivity index (χ1n) is 10.3. The Balaban J connectivity index is 1.54. The van der Waals surface area contributed by atoms with Gasteiger partial charge in [0.05, 0.1) is 12.0 Å². The van der Waals surface area contributed by atoms with Gasteiger partial charge in [-0.1, -0.05) is 38.1 Å². The number of ether oxygens (including phenoxy) is 1. The average molecular weight is 431 g/mol. The van der Waals surface area contributed by atoms with Gasteiger partial charge in [0.15, 0.2) is 0 Å². The van der Waals surface area contributed by atoms with Crippen LogP contribution in [0.2, 0.25) is 0 Å². The largest absolute Gasteiger partial charge is 0.497 e. The molecular formula is C23H30N2O4S. The van der Waals surface area contributed by atoms with Crippen LogP contribution in [0.15, 0.2) is 53.4 Å². The van der Waals surface area contributed by atoms with E-state index in [-0.39, 0.29) is 11.8 Å². The fourth-order valence-corrected chi connectivity index (χ4v) is 5.12. The lowest BCUT2D eigenvalue weighted by Crippen LogP contribution is -2.42. The summed E-state index contributed by atoms with van der Waals surface area (Å²) in [5, 5.41) is 2.96. The van der Waals surface area contributed by atoms with E-state index in [1.54, 1.807) is 19.2 Å². The molecule has 0 saturated carbocycles. The van der Waals surface area contributed by atoms with Gasteiger partial charge >= 0.3 is 0 Å². The summed E-state index contributed by atoms with van der Waals surface area (Å²) in [7, 11) is -1.92. The first-order valence-corrected chi connectivity index (χ1v) is 11.8. The van der Waals surface area contributed by atoms with Crippen molar-refractivity contribution in [2.75, 3.05) is 20.2 Å². The van der Waals surface area contributed by atoms with Crippen molar-refractivity contribution in [3.63, 3.8) is 0 Å². The summed E-state index contributed by atoms with van der Waals surface area (Å²) in [4.78, 5) is 12.9. The fourth-order valence-electron chi connectivity index (χ4n) is 3.65. The Labute approximate surface area is 179 Å². The van der Waals surface area contributed by atoms with Crippen molar-refractivity contribution in [1.29, 1.82) is 0 Å². The number of hydrogen-bond donors (Lipinski definition) is 1. The Kier molecular flexibility index (Phi) is 7.15. The number of methoxy groups -OCH3 is 1. The summed E-state index contributed by atoms with van der Waals surface area (Å²) in [6, 6.07) is 14.7. The van der Waals surface area contributed by atoms with Gasteiger partial charge in [-0.15, -0.1) is 0 Å². The molecule has 1 heterocycles. The van der Waals surface area contributed by atoms with E-state index in [9.17, 15) is 13.2 Å². The first-order chi connectivity index (χ1) is 14.3. The van der Waals surface area contributed by atoms with Crippen LogP contribution < -0.4 is 10.1 Å². The monoisotopic (exact) mass is 430 g/mol. The number of amides is 1. The number of piperidine rings is 1. The highest BCUT2D eigenvalue weighted by Gasteiger charge is 2.32. The van der Waals surface area contributed by atoms with E-state index in [0.29, 0.717) is 43.3 Å². The summed E-state index contributed by atoms with van der Waals surface area (Å²) in [6.07, 6.45) is 1.04. The normalized spacial score (nSPS) is 15.9. The van der Waals surface area contributed by atoms with E-state index < -0.39 is 10.0 Å². The molecule has 1 saturated heterocycles. The van der Waals surface area contributed by atoms with Gasteiger partial charge < -0.3 is 10.1 Å². The summed E-state index contributed by atoms with van der Waals surface area (Å²) >= 11 is 0. The highest BCUT2D eigenvalue weighted by atomic mass is 32.2. The topological polar surface area (TPSA) is 75.7 Å². The minimum atomic E-state index is -3.53. The summed E-state index contributed by atoms with van der Waals surface area (Å²) in [5.74, 6) is 0.899. The molecule has 0 atom stereocenters. The Bertz CT molecular complexity index is 963. The molecule has 6 nitrogen and oxygen atoms in total. The number of carbonyl (C=O) groups is 1. The van der Waals surface area contributed by atoms with Crippen LogP contribution in [0.25, 0.3) is 0 Å². The van der Waals surface area contributed by atoms with Crippen LogP contribution in [0.5, 0.6) is 5.75 Å². The van der Waals surface area contributed by atoms with Gasteiger partial charge in [-0.05, 0) is 54.2 Å². The first kappa shape index (κ1) is 22.3. The maximum atomic E-state index is 12.9. The predicted octanol–water partition coefficient (Wildman–Crippen LogP) is 3.54. The van der Waals surface area contributed by atoms with Crippen molar-refractivity contribution in [2.24, 2.45) is 5.92 Å². The second-order valence-electron chi connectivity index (χ2n) is 7.97. The number of nitrogens with zero attached hydrogens (tertiary/aromatic N) is 1. The molecule has 0 bridgehead atoms. The molecule has 3 rings (SSSR count). The van der Waals surface area contributed by atoms with Gasteiger partial charge in [0.2, 0.25) is 15.9 Å². The van der Waals surface area contributed by atoms with Crippen molar-refractivity contribution < 1.29 is 17.9 Å². The molecule has 0 radical (unpaired) electrons. The minimum Gasteiger partial charge on any atom is -0.497 e. The molecule has 1 amide bonds. The number of benzene rings is 2. The van der Waals surface area contributed by atoms with E-state index in [2.05, 4.69) is 19.2 Å². The lowest BCUT2D eigenvalue weighted by molar-refractivity contribution is -0.126. The number of rotatable bonds is 7. The number of carbonyl (C=O) groups excluding carboxylic acids is 1. The van der Waals surface area contributed by atoms with Crippen molar-refractivity contribution in [3.8, 4) is 5.75 Å². The van der Waals surface area contributed by atoms with E-state index in [0.717, 1.165) is 16.9 Å². The Morgan fingerprint density at radius 1 is 1.13 bits per heavy atom. The third-order valence-electron chi connectivity index (χ3n) is 5.61. The zero-order chi connectivity index (χ0) is 21.7. The van der Waals surface area contributed by atoms with Crippen molar-refractivity contribution in [2.45, 2.75) is 44.0 Å². The van der Waals surface area contributed by atoms with Crippen molar-refractivity contribution in [1.82, 2.24) is 9.62 Å². The molecule has 7 heteroatoms. The van der Waals surface area contributed by atoms with E-state index >= 15 is 0 Å². The number of hydrogen-bond acceptors (Lipinski definition) is 4. The quantitative estimate of drug-likeness (QED) is 0.729. The van der Waals surface area contributed by atoms with E-state index in [1.165, 1.54) is 4.31 Å². The van der Waals surface area contributed by atoms with Gasteiger partial charge in [-0.2, -0.15) is 4.31 Å². The fraction of sp³-hybridized carbons (Fsp3) is 0.435. The Hall–Kier alpha value is -2.38. The zero-order valence-corrected chi connectivity index (χ0v) is 18.6. The lowest BCUT2D eigenvalue weighted by Gasteiger charge is -2.30. The third-order valence-corrected chi connectivity index (χ3v) is 7.52. The van der Waals surface area contributed by atoms with Gasteiger partial charge in [0.1, 0.15) is 5.75 Å². The lowest BCUT2D eigenvalue weighted by atomic mass is 9.97. The molecule has 0 spiro atoms. The molecule has 1 aliphatic rings. The molecule has 0 unspecified atom stereocenters. The number of sulfonamides is 1. The zero-order valence-electron chi connectivity index (χ0n) is 17.8. The molecule has 1 N–H and O–H groups in total. The second-order valence-corrected chi connectivity index (χ2v) is 9.91. The predicted molar refractivity (Wildman–Crippen MR) is 117 cm³/mol. The molecule has 1 aliphatic heterocycles. The molecule has 162 valence electrons. The van der Waals surface area contributed by atoms with Crippen LogP contribution in [0.4, 0.5) is 0 Å². The maximum Gasteiger partial charge on any atom is 0.243 e. The second kappa shape index (κ2) is 9.62. The van der Waals surface area contributed by atoms with Crippen LogP contribution >= 0.6 is 0 Å². The van der Waals surface area contributed by atoms with Gasteiger partial charge in [0, 0.05) is 25.6 Å². The van der Waals surface area contributed by atoms with Crippen molar-refractivity contribution in [3.05, 3.63) is 59.7 Å². The van der Waals surface area contributed by atoms with Gasteiger partial charge in [-0.3, -0.25) is 4.79 Å². The SMILES string of the molecule is COc1cccc(CNC(=O)C2CCN(S(=O)(=O)c3ccc(C(C)C)cc3)CC2)c1. The van der Waals surface area contributed by atoms with Crippen LogP contribution in [0, 0.1) is 5.92 Å². The average Bonchev–Trinajstić information content (AvgIpc) is 2.77. The minimum absolute atomic E-state index is 0.0313. The van der Waals surface area contributed by atoms with Crippen LogP contribution in [0.1, 0.15) is 43.7 Å². The maximum absolute atomic E-state index is 12.9. The molecule has 0 aliphatic carbocycles. The van der Waals surface area contributed by atoms with Crippen LogP contribution in [-0.4, -0.2) is 38.8 Å². The molecule has 1 fully saturated rings. The van der Waals surface area contributed by atoms with Crippen LogP contribution in [0.3, 0.4) is 0 Å². The van der Waals surface area contributed by atoms with Gasteiger partial charge in [0.25, 0.3) is 0 Å². The van der Waals surface area contributed by atoms with E-state index in [1.807, 2.05) is 36.4 Å². The smallest absolute Gasteiger partial charge is 0.243 e. The third kappa shape index (κ3) is 5.21. The standard InChI is InChI=1S/C23H30N2O4S/c1-17(2)19-7-9-22(10-8-19)30(27,28)25-13-11-20(12-14-25)23(26)24-16-18-5-4-6-21(15-18)29-3/h4-10,15,17,20H,11-14,16H2,1-3H3,(H,24,26).